The summed E-state index contributed by atoms with van der Waals surface area (Å²) in [6.07, 6.45) is -0.716. The van der Waals surface area contributed by atoms with Gasteiger partial charge < -0.3 is 25.4 Å². The van der Waals surface area contributed by atoms with Crippen LogP contribution in [0.15, 0.2) is 30.3 Å². The van der Waals surface area contributed by atoms with Gasteiger partial charge in [-0.05, 0) is 46.1 Å². The molecule has 1 rings (SSSR count). The third-order valence-electron chi connectivity index (χ3n) is 4.34. The molecule has 0 saturated carbocycles. The number of ether oxygens (including phenoxy) is 1. The van der Waals surface area contributed by atoms with E-state index in [4.69, 9.17) is 4.74 Å². The van der Waals surface area contributed by atoms with E-state index in [0.717, 1.165) is 0 Å². The molecule has 0 aliphatic heterocycles. The van der Waals surface area contributed by atoms with E-state index < -0.39 is 29.7 Å². The molecule has 0 spiro atoms. The van der Waals surface area contributed by atoms with E-state index in [-0.39, 0.29) is 31.0 Å². The molecule has 0 saturated heterocycles. The van der Waals surface area contributed by atoms with E-state index in [1.165, 1.54) is 4.90 Å². The maximum absolute atomic E-state index is 13.5. The molecule has 2 atom stereocenters. The molecule has 2 unspecified atom stereocenters. The summed E-state index contributed by atoms with van der Waals surface area (Å²) in [5.74, 6) is -1.10. The highest BCUT2D eigenvalue weighted by atomic mass is 16.6. The Bertz CT molecular complexity index is 728. The normalized spacial score (nSPS) is 13.5. The maximum Gasteiger partial charge on any atom is 0.408 e. The first-order valence-electron chi connectivity index (χ1n) is 10.6. The number of carbonyl (C=O) groups is 3. The lowest BCUT2D eigenvalue weighted by atomic mass is 9.98. The summed E-state index contributed by atoms with van der Waals surface area (Å²) in [7, 11) is 0. The highest BCUT2D eigenvalue weighted by molar-refractivity contribution is 5.92. The number of aliphatic hydroxyl groups excluding tert-OH is 1. The van der Waals surface area contributed by atoms with Crippen molar-refractivity contribution in [2.75, 3.05) is 13.2 Å². The van der Waals surface area contributed by atoms with Gasteiger partial charge in [-0.1, -0.05) is 44.2 Å². The van der Waals surface area contributed by atoms with Crippen molar-refractivity contribution in [1.82, 2.24) is 15.5 Å². The van der Waals surface area contributed by atoms with E-state index in [1.54, 1.807) is 58.9 Å². The van der Waals surface area contributed by atoms with Gasteiger partial charge in [-0.25, -0.2) is 4.79 Å². The molecule has 0 radical (unpaired) electrons. The van der Waals surface area contributed by atoms with E-state index in [1.807, 2.05) is 19.9 Å². The van der Waals surface area contributed by atoms with Crippen LogP contribution >= 0.6 is 0 Å². The predicted molar refractivity (Wildman–Crippen MR) is 119 cm³/mol. The molecule has 3 amide bonds. The van der Waals surface area contributed by atoms with Gasteiger partial charge in [-0.2, -0.15) is 0 Å². The number of nitrogens with zero attached hydrogens (tertiary/aromatic N) is 1. The first-order chi connectivity index (χ1) is 14.4. The largest absolute Gasteiger partial charge is 0.444 e. The maximum atomic E-state index is 13.5. The first kappa shape index (κ1) is 26.4. The second-order valence-electron chi connectivity index (χ2n) is 9.10. The topological polar surface area (TPSA) is 108 Å². The summed E-state index contributed by atoms with van der Waals surface area (Å²) >= 11 is 0. The molecule has 8 heteroatoms. The number of aliphatic hydroxyl groups is 1. The number of hydrogen-bond acceptors (Lipinski definition) is 5. The Hall–Kier alpha value is -2.61. The number of benzene rings is 1. The molecule has 0 aromatic heterocycles. The minimum atomic E-state index is -0.954. The zero-order valence-electron chi connectivity index (χ0n) is 19.6. The van der Waals surface area contributed by atoms with Crippen molar-refractivity contribution in [3.8, 4) is 0 Å². The van der Waals surface area contributed by atoms with E-state index in [2.05, 4.69) is 10.6 Å². The van der Waals surface area contributed by atoms with Gasteiger partial charge in [0.1, 0.15) is 17.7 Å². The van der Waals surface area contributed by atoms with Crippen molar-refractivity contribution >= 4 is 17.9 Å². The molecule has 0 bridgehead atoms. The standard InChI is InChI=1S/C23H37N3O5/c1-15(2)18(25-22(30)31-23(5,6)7)21(29)26(13-14-27)19(20(28)24-16(3)4)17-11-9-8-10-12-17/h8-12,15-16,18-19,27H,13-14H2,1-7H3,(H,24,28)(H,25,30). The van der Waals surface area contributed by atoms with Crippen molar-refractivity contribution in [1.29, 1.82) is 0 Å². The fourth-order valence-corrected chi connectivity index (χ4v) is 3.07. The van der Waals surface area contributed by atoms with Crippen molar-refractivity contribution in [3.63, 3.8) is 0 Å². The number of alkyl carbamates (subject to hydrolysis) is 1. The van der Waals surface area contributed by atoms with Crippen LogP contribution in [0.2, 0.25) is 0 Å². The van der Waals surface area contributed by atoms with Gasteiger partial charge in [0.15, 0.2) is 0 Å². The second-order valence-corrected chi connectivity index (χ2v) is 9.10. The molecule has 3 N–H and O–H groups in total. The zero-order valence-corrected chi connectivity index (χ0v) is 19.6. The quantitative estimate of drug-likeness (QED) is 0.553. The number of rotatable bonds is 9. The molecule has 0 aliphatic rings. The van der Waals surface area contributed by atoms with Crippen LogP contribution in [0.3, 0.4) is 0 Å². The van der Waals surface area contributed by atoms with Crippen molar-refractivity contribution < 1.29 is 24.2 Å². The molecule has 1 aromatic carbocycles. The SMILES string of the molecule is CC(C)NC(=O)C(c1ccccc1)N(CCO)C(=O)C(NC(=O)OC(C)(C)C)C(C)C. The molecule has 0 heterocycles. The van der Waals surface area contributed by atoms with Crippen LogP contribution in [0.25, 0.3) is 0 Å². The fourth-order valence-electron chi connectivity index (χ4n) is 3.07. The van der Waals surface area contributed by atoms with Gasteiger partial charge in [-0.3, -0.25) is 9.59 Å². The Morgan fingerprint density at radius 1 is 1.03 bits per heavy atom. The lowest BCUT2D eigenvalue weighted by Crippen LogP contribution is -2.55. The summed E-state index contributed by atoms with van der Waals surface area (Å²) in [6.45, 7) is 12.1. The number of nitrogens with one attached hydrogen (secondary N) is 2. The number of carbonyl (C=O) groups excluding carboxylic acids is 3. The van der Waals surface area contributed by atoms with Gasteiger partial charge in [0, 0.05) is 12.6 Å². The minimum absolute atomic E-state index is 0.0663. The van der Waals surface area contributed by atoms with Crippen LogP contribution in [0.4, 0.5) is 4.79 Å². The Morgan fingerprint density at radius 3 is 2.06 bits per heavy atom. The lowest BCUT2D eigenvalue weighted by molar-refractivity contribution is -0.144. The third kappa shape index (κ3) is 8.57. The fraction of sp³-hybridized carbons (Fsp3) is 0.609. The smallest absolute Gasteiger partial charge is 0.408 e. The molecule has 0 fully saturated rings. The molecule has 31 heavy (non-hydrogen) atoms. The molecule has 174 valence electrons. The second kappa shape index (κ2) is 11.7. The average molecular weight is 436 g/mol. The Balaban J connectivity index is 3.31. The van der Waals surface area contributed by atoms with Crippen LogP contribution in [-0.4, -0.2) is 58.8 Å². The average Bonchev–Trinajstić information content (AvgIpc) is 2.64. The Labute approximate surface area is 185 Å². The van der Waals surface area contributed by atoms with Crippen LogP contribution < -0.4 is 10.6 Å². The van der Waals surface area contributed by atoms with Crippen molar-refractivity contribution in [2.24, 2.45) is 5.92 Å². The van der Waals surface area contributed by atoms with Crippen LogP contribution in [0.1, 0.15) is 60.1 Å². The molecular weight excluding hydrogens is 398 g/mol. The summed E-state index contributed by atoms with van der Waals surface area (Å²) in [6, 6.07) is 6.88. The van der Waals surface area contributed by atoms with E-state index >= 15 is 0 Å². The monoisotopic (exact) mass is 435 g/mol. The summed E-state index contributed by atoms with van der Waals surface area (Å²) in [4.78, 5) is 40.3. The molecule has 1 aromatic rings. The van der Waals surface area contributed by atoms with E-state index in [0.29, 0.717) is 5.56 Å². The van der Waals surface area contributed by atoms with Crippen LogP contribution in [-0.2, 0) is 14.3 Å². The first-order valence-corrected chi connectivity index (χ1v) is 10.6. The minimum Gasteiger partial charge on any atom is -0.444 e. The highest BCUT2D eigenvalue weighted by Crippen LogP contribution is 2.23. The Kier molecular flexibility index (Phi) is 9.97. The highest BCUT2D eigenvalue weighted by Gasteiger charge is 2.37. The van der Waals surface area contributed by atoms with Gasteiger partial charge in [-0.15, -0.1) is 0 Å². The lowest BCUT2D eigenvalue weighted by Gasteiger charge is -2.35. The van der Waals surface area contributed by atoms with Crippen molar-refractivity contribution in [2.45, 2.75) is 72.2 Å². The zero-order chi connectivity index (χ0) is 23.8. The van der Waals surface area contributed by atoms with Gasteiger partial charge in [0.05, 0.1) is 6.61 Å². The van der Waals surface area contributed by atoms with Gasteiger partial charge in [0.2, 0.25) is 11.8 Å². The van der Waals surface area contributed by atoms with Crippen LogP contribution in [0, 0.1) is 5.92 Å². The molecule has 0 aliphatic carbocycles. The van der Waals surface area contributed by atoms with E-state index in [9.17, 15) is 19.5 Å². The summed E-state index contributed by atoms with van der Waals surface area (Å²) in [5, 5.41) is 15.1. The van der Waals surface area contributed by atoms with Gasteiger partial charge >= 0.3 is 6.09 Å². The number of hydrogen-bond donors (Lipinski definition) is 3. The predicted octanol–water partition coefficient (Wildman–Crippen LogP) is 2.62. The summed E-state index contributed by atoms with van der Waals surface area (Å²) in [5.41, 5.74) is -0.106. The van der Waals surface area contributed by atoms with Crippen LogP contribution in [0.5, 0.6) is 0 Å². The summed E-state index contributed by atoms with van der Waals surface area (Å²) < 4.78 is 5.30. The molecular formula is C23H37N3O5. The van der Waals surface area contributed by atoms with Crippen molar-refractivity contribution in [3.05, 3.63) is 35.9 Å². The molecule has 8 nitrogen and oxygen atoms in total. The third-order valence-corrected chi connectivity index (χ3v) is 4.34. The number of amides is 3. The van der Waals surface area contributed by atoms with Gasteiger partial charge in [0.25, 0.3) is 0 Å². The Morgan fingerprint density at radius 2 is 1.61 bits per heavy atom.